The summed E-state index contributed by atoms with van der Waals surface area (Å²) in [5.41, 5.74) is 3.48. The van der Waals surface area contributed by atoms with Gasteiger partial charge in [0.2, 0.25) is 0 Å². The lowest BCUT2D eigenvalue weighted by Crippen LogP contribution is -2.17. The summed E-state index contributed by atoms with van der Waals surface area (Å²) in [7, 11) is 0. The number of nitrogens with zero attached hydrogens (tertiary/aromatic N) is 3. The molecular weight excluding hydrogens is 282 g/mol. The highest BCUT2D eigenvalue weighted by Crippen LogP contribution is 2.10. The van der Waals surface area contributed by atoms with Crippen molar-refractivity contribution in [1.82, 2.24) is 9.99 Å². The first-order chi connectivity index (χ1) is 11.4. The third-order valence-corrected chi connectivity index (χ3v) is 3.47. The Kier molecular flexibility index (Phi) is 5.14. The number of hydrogen-bond acceptors (Lipinski definition) is 3. The highest BCUT2D eigenvalue weighted by atomic mass is 15.4. The van der Waals surface area contributed by atoms with Gasteiger partial charge < -0.3 is 0 Å². The summed E-state index contributed by atoms with van der Waals surface area (Å²) in [6, 6.07) is 24.7. The summed E-state index contributed by atoms with van der Waals surface area (Å²) in [5, 5.41) is 6.72. The van der Waals surface area contributed by atoms with E-state index in [1.807, 2.05) is 36.7 Å². The Hall–Kier alpha value is -2.94. The maximum Gasteiger partial charge on any atom is 0.0614 e. The number of rotatable bonds is 6. The number of aromatic nitrogens is 1. The van der Waals surface area contributed by atoms with Gasteiger partial charge >= 0.3 is 0 Å². The van der Waals surface area contributed by atoms with Crippen molar-refractivity contribution < 1.29 is 0 Å². The van der Waals surface area contributed by atoms with Gasteiger partial charge in [-0.05, 0) is 17.2 Å². The maximum absolute atomic E-state index is 4.65. The lowest BCUT2D eigenvalue weighted by atomic mass is 10.2. The first-order valence-corrected chi connectivity index (χ1v) is 7.67. The minimum absolute atomic E-state index is 0.770. The molecule has 0 aliphatic rings. The quantitative estimate of drug-likeness (QED) is 0.506. The summed E-state index contributed by atoms with van der Waals surface area (Å²) in [5.74, 6) is 0. The van der Waals surface area contributed by atoms with E-state index in [1.54, 1.807) is 6.20 Å². The molecule has 3 nitrogen and oxygen atoms in total. The molecular formula is C20H19N3. The number of benzene rings is 2. The molecule has 0 aliphatic carbocycles. The Morgan fingerprint density at radius 1 is 0.783 bits per heavy atom. The van der Waals surface area contributed by atoms with Crippen LogP contribution in [0.5, 0.6) is 0 Å². The Morgan fingerprint density at radius 2 is 1.39 bits per heavy atom. The lowest BCUT2D eigenvalue weighted by Gasteiger charge is -2.19. The predicted molar refractivity (Wildman–Crippen MR) is 94.0 cm³/mol. The van der Waals surface area contributed by atoms with Crippen LogP contribution in [-0.4, -0.2) is 16.2 Å². The Bertz CT molecular complexity index is 683. The van der Waals surface area contributed by atoms with E-state index >= 15 is 0 Å². The second-order valence-electron chi connectivity index (χ2n) is 5.32. The van der Waals surface area contributed by atoms with E-state index in [-0.39, 0.29) is 0 Å². The van der Waals surface area contributed by atoms with Gasteiger partial charge in [0, 0.05) is 18.0 Å². The average molecular weight is 301 g/mol. The van der Waals surface area contributed by atoms with Gasteiger partial charge in [-0.15, -0.1) is 0 Å². The van der Waals surface area contributed by atoms with Crippen LogP contribution in [0.3, 0.4) is 0 Å². The molecule has 1 heterocycles. The van der Waals surface area contributed by atoms with Gasteiger partial charge in [-0.1, -0.05) is 66.7 Å². The lowest BCUT2D eigenvalue weighted by molar-refractivity contribution is 0.272. The fourth-order valence-electron chi connectivity index (χ4n) is 2.33. The molecule has 0 bridgehead atoms. The molecule has 3 aromatic rings. The van der Waals surface area contributed by atoms with E-state index in [1.165, 1.54) is 11.1 Å². The molecule has 0 radical (unpaired) electrons. The molecule has 0 unspecified atom stereocenters. The van der Waals surface area contributed by atoms with Gasteiger partial charge in [-0.3, -0.25) is 9.99 Å². The number of hydrogen-bond donors (Lipinski definition) is 0. The van der Waals surface area contributed by atoms with Crippen molar-refractivity contribution in [3.63, 3.8) is 0 Å². The zero-order valence-electron chi connectivity index (χ0n) is 12.9. The molecule has 2 aromatic carbocycles. The summed E-state index contributed by atoms with van der Waals surface area (Å²) < 4.78 is 0. The Balaban J connectivity index is 1.76. The topological polar surface area (TPSA) is 28.5 Å². The predicted octanol–water partition coefficient (Wildman–Crippen LogP) is 4.12. The Morgan fingerprint density at radius 3 is 1.91 bits per heavy atom. The van der Waals surface area contributed by atoms with E-state index < -0.39 is 0 Å². The van der Waals surface area contributed by atoms with E-state index in [0.29, 0.717) is 0 Å². The van der Waals surface area contributed by atoms with Gasteiger partial charge in [0.15, 0.2) is 0 Å². The van der Waals surface area contributed by atoms with Gasteiger partial charge in [0.05, 0.1) is 19.3 Å². The third-order valence-electron chi connectivity index (χ3n) is 3.47. The monoisotopic (exact) mass is 301 g/mol. The fraction of sp³-hybridized carbons (Fsp3) is 0.100. The maximum atomic E-state index is 4.65. The zero-order chi connectivity index (χ0) is 15.7. The van der Waals surface area contributed by atoms with Crippen LogP contribution in [-0.2, 0) is 13.1 Å². The van der Waals surface area contributed by atoms with E-state index in [0.717, 1.165) is 18.7 Å². The first kappa shape index (κ1) is 15.0. The van der Waals surface area contributed by atoms with Crippen molar-refractivity contribution in [1.29, 1.82) is 0 Å². The molecule has 0 spiro atoms. The van der Waals surface area contributed by atoms with Gasteiger partial charge in [-0.2, -0.15) is 5.10 Å². The molecule has 23 heavy (non-hydrogen) atoms. The van der Waals surface area contributed by atoms with Crippen molar-refractivity contribution in [2.75, 3.05) is 0 Å². The van der Waals surface area contributed by atoms with Crippen molar-refractivity contribution in [2.45, 2.75) is 13.1 Å². The van der Waals surface area contributed by atoms with Crippen LogP contribution < -0.4 is 0 Å². The molecule has 1 aromatic heterocycles. The van der Waals surface area contributed by atoms with Crippen LogP contribution in [0.25, 0.3) is 0 Å². The largest absolute Gasteiger partial charge is 0.288 e. The minimum atomic E-state index is 0.770. The van der Waals surface area contributed by atoms with Crippen LogP contribution >= 0.6 is 0 Å². The zero-order valence-corrected chi connectivity index (χ0v) is 12.9. The van der Waals surface area contributed by atoms with Crippen molar-refractivity contribution in [3.05, 3.63) is 102 Å². The van der Waals surface area contributed by atoms with E-state index in [2.05, 4.69) is 63.6 Å². The smallest absolute Gasteiger partial charge is 0.0614 e. The van der Waals surface area contributed by atoms with Gasteiger partial charge in [0.25, 0.3) is 0 Å². The molecule has 114 valence electrons. The highest BCUT2D eigenvalue weighted by molar-refractivity contribution is 5.78. The summed E-state index contributed by atoms with van der Waals surface area (Å²) in [6.07, 6.45) is 5.44. The second kappa shape index (κ2) is 7.90. The summed E-state index contributed by atoms with van der Waals surface area (Å²) in [4.78, 5) is 4.12. The SMILES string of the molecule is C(=N\N(Cc1ccccc1)Cc1ccccc1)/c1cccnc1. The molecule has 0 saturated heterocycles. The van der Waals surface area contributed by atoms with Crippen molar-refractivity contribution >= 4 is 6.21 Å². The van der Waals surface area contributed by atoms with Crippen LogP contribution in [0, 0.1) is 0 Å². The van der Waals surface area contributed by atoms with Crippen molar-refractivity contribution in [3.8, 4) is 0 Å². The molecule has 0 fully saturated rings. The first-order valence-electron chi connectivity index (χ1n) is 7.67. The van der Waals surface area contributed by atoms with Crippen LogP contribution in [0.2, 0.25) is 0 Å². The summed E-state index contributed by atoms with van der Waals surface area (Å²) >= 11 is 0. The van der Waals surface area contributed by atoms with Crippen LogP contribution in [0.15, 0.2) is 90.3 Å². The fourth-order valence-corrected chi connectivity index (χ4v) is 2.33. The molecule has 0 amide bonds. The van der Waals surface area contributed by atoms with Crippen molar-refractivity contribution in [2.24, 2.45) is 5.10 Å². The van der Waals surface area contributed by atoms with Crippen LogP contribution in [0.1, 0.15) is 16.7 Å². The number of pyridine rings is 1. The van der Waals surface area contributed by atoms with E-state index in [9.17, 15) is 0 Å². The van der Waals surface area contributed by atoms with Crippen LogP contribution in [0.4, 0.5) is 0 Å². The molecule has 0 saturated carbocycles. The second-order valence-corrected chi connectivity index (χ2v) is 5.32. The minimum Gasteiger partial charge on any atom is -0.288 e. The highest BCUT2D eigenvalue weighted by Gasteiger charge is 2.04. The Labute approximate surface area is 136 Å². The average Bonchev–Trinajstić information content (AvgIpc) is 2.62. The summed E-state index contributed by atoms with van der Waals surface area (Å²) in [6.45, 7) is 1.54. The van der Waals surface area contributed by atoms with Gasteiger partial charge in [0.1, 0.15) is 0 Å². The molecule has 0 N–H and O–H groups in total. The van der Waals surface area contributed by atoms with Gasteiger partial charge in [-0.25, -0.2) is 0 Å². The molecule has 3 rings (SSSR count). The van der Waals surface area contributed by atoms with E-state index in [4.69, 9.17) is 0 Å². The third kappa shape index (κ3) is 4.78. The molecule has 0 aliphatic heterocycles. The standard InChI is InChI=1S/C20H19N3/c1-3-8-18(9-4-1)16-23(17-19-10-5-2-6-11-19)22-15-20-12-7-13-21-14-20/h1-15H,16-17H2/b22-15+. The normalized spacial score (nSPS) is 10.8. The molecule has 3 heteroatoms. The molecule has 0 atom stereocenters. The number of hydrazone groups is 1.